The van der Waals surface area contributed by atoms with Crippen molar-refractivity contribution in [3.05, 3.63) is 17.5 Å². The van der Waals surface area contributed by atoms with Gasteiger partial charge in [0.1, 0.15) is 0 Å². The predicted molar refractivity (Wildman–Crippen MR) is 56.8 cm³/mol. The second-order valence-corrected chi connectivity index (χ2v) is 4.93. The molecular formula is C12H16N2O. The highest BCUT2D eigenvalue weighted by Crippen LogP contribution is 2.45. The van der Waals surface area contributed by atoms with E-state index in [1.807, 2.05) is 0 Å². The van der Waals surface area contributed by atoms with Gasteiger partial charge in [-0.15, -0.1) is 0 Å². The highest BCUT2D eigenvalue weighted by Gasteiger charge is 2.43. The topological polar surface area (TPSA) is 45.8 Å². The molecule has 0 amide bonds. The third-order valence-corrected chi connectivity index (χ3v) is 4.11. The fraction of sp³-hybridized carbons (Fsp3) is 0.667. The lowest BCUT2D eigenvalue weighted by Gasteiger charge is -2.38. The van der Waals surface area contributed by atoms with Gasteiger partial charge in [-0.2, -0.15) is 5.10 Å². The van der Waals surface area contributed by atoms with Gasteiger partial charge >= 0.3 is 0 Å². The number of nitrogens with zero attached hydrogens (tertiary/aromatic N) is 1. The molecule has 1 N–H and O–H groups in total. The first-order valence-corrected chi connectivity index (χ1v) is 5.89. The van der Waals surface area contributed by atoms with Gasteiger partial charge in [-0.1, -0.05) is 19.3 Å². The Balaban J connectivity index is 1.98. The normalized spacial score (nSPS) is 24.1. The summed E-state index contributed by atoms with van der Waals surface area (Å²) in [5, 5.41) is 6.93. The molecule has 0 radical (unpaired) electrons. The summed E-state index contributed by atoms with van der Waals surface area (Å²) < 4.78 is 0. The van der Waals surface area contributed by atoms with Crippen LogP contribution in [0.2, 0.25) is 0 Å². The average Bonchev–Trinajstić information content (AvgIpc) is 2.74. The number of nitrogens with one attached hydrogen (secondary N) is 1. The molecule has 2 aliphatic carbocycles. The molecule has 15 heavy (non-hydrogen) atoms. The van der Waals surface area contributed by atoms with E-state index in [2.05, 4.69) is 10.2 Å². The molecule has 0 aliphatic heterocycles. The van der Waals surface area contributed by atoms with Gasteiger partial charge in [0.05, 0.1) is 11.8 Å². The maximum absolute atomic E-state index is 12.4. The molecule has 0 unspecified atom stereocenters. The number of rotatable bonds is 0. The Morgan fingerprint density at radius 3 is 2.80 bits per heavy atom. The minimum atomic E-state index is -0.0187. The van der Waals surface area contributed by atoms with Crippen LogP contribution in [0.3, 0.4) is 0 Å². The number of aromatic amines is 1. The molecule has 1 aromatic heterocycles. The van der Waals surface area contributed by atoms with E-state index in [-0.39, 0.29) is 5.41 Å². The summed E-state index contributed by atoms with van der Waals surface area (Å²) in [7, 11) is 0. The lowest BCUT2D eigenvalue weighted by atomic mass is 9.64. The number of carbonyl (C=O) groups is 1. The van der Waals surface area contributed by atoms with Crippen LogP contribution < -0.4 is 0 Å². The summed E-state index contributed by atoms with van der Waals surface area (Å²) in [6.45, 7) is 0. The van der Waals surface area contributed by atoms with Crippen molar-refractivity contribution in [3.8, 4) is 0 Å². The fourth-order valence-corrected chi connectivity index (χ4v) is 3.17. The largest absolute Gasteiger partial charge is 0.293 e. The van der Waals surface area contributed by atoms with Gasteiger partial charge in [-0.25, -0.2) is 0 Å². The van der Waals surface area contributed by atoms with Crippen molar-refractivity contribution < 1.29 is 4.79 Å². The summed E-state index contributed by atoms with van der Waals surface area (Å²) in [4.78, 5) is 12.4. The number of aromatic nitrogens is 2. The molecular weight excluding hydrogens is 188 g/mol. The van der Waals surface area contributed by atoms with Gasteiger partial charge in [0.15, 0.2) is 5.78 Å². The zero-order valence-electron chi connectivity index (χ0n) is 8.88. The van der Waals surface area contributed by atoms with Crippen molar-refractivity contribution >= 4 is 5.78 Å². The SMILES string of the molecule is O=C1c2cn[nH]c2CCC12CCCCC2. The van der Waals surface area contributed by atoms with Crippen LogP contribution in [0.15, 0.2) is 6.20 Å². The van der Waals surface area contributed by atoms with Crippen molar-refractivity contribution in [2.45, 2.75) is 44.9 Å². The Hall–Kier alpha value is -1.12. The molecule has 1 saturated carbocycles. The number of aryl methyl sites for hydroxylation is 1. The van der Waals surface area contributed by atoms with E-state index < -0.39 is 0 Å². The van der Waals surface area contributed by atoms with Crippen molar-refractivity contribution in [2.24, 2.45) is 5.41 Å². The van der Waals surface area contributed by atoms with Gasteiger partial charge in [-0.05, 0) is 25.7 Å². The second-order valence-electron chi connectivity index (χ2n) is 4.93. The van der Waals surface area contributed by atoms with Crippen molar-refractivity contribution in [1.82, 2.24) is 10.2 Å². The maximum atomic E-state index is 12.4. The van der Waals surface area contributed by atoms with E-state index in [9.17, 15) is 4.79 Å². The smallest absolute Gasteiger partial charge is 0.172 e. The molecule has 0 saturated heterocycles. The molecule has 3 nitrogen and oxygen atoms in total. The quantitative estimate of drug-likeness (QED) is 0.705. The Bertz CT molecular complexity index is 388. The number of Topliss-reactive ketones (excluding diaryl/α,β-unsaturated/α-hetero) is 1. The minimum absolute atomic E-state index is 0.0187. The fourth-order valence-electron chi connectivity index (χ4n) is 3.17. The molecule has 0 bridgehead atoms. The molecule has 1 heterocycles. The molecule has 1 aromatic rings. The highest BCUT2D eigenvalue weighted by atomic mass is 16.1. The zero-order chi connectivity index (χ0) is 10.3. The number of H-pyrrole nitrogens is 1. The van der Waals surface area contributed by atoms with E-state index in [1.165, 1.54) is 19.3 Å². The lowest BCUT2D eigenvalue weighted by molar-refractivity contribution is 0.0668. The minimum Gasteiger partial charge on any atom is -0.293 e. The van der Waals surface area contributed by atoms with Crippen LogP contribution in [0.25, 0.3) is 0 Å². The van der Waals surface area contributed by atoms with Crippen LogP contribution in [0, 0.1) is 5.41 Å². The van der Waals surface area contributed by atoms with E-state index in [0.717, 1.165) is 36.9 Å². The predicted octanol–water partition coefficient (Wildman–Crippen LogP) is 2.49. The Morgan fingerprint density at radius 1 is 1.20 bits per heavy atom. The van der Waals surface area contributed by atoms with Crippen LogP contribution >= 0.6 is 0 Å². The first kappa shape index (κ1) is 9.13. The molecule has 0 aromatic carbocycles. The summed E-state index contributed by atoms with van der Waals surface area (Å²) in [6, 6.07) is 0. The monoisotopic (exact) mass is 204 g/mol. The van der Waals surface area contributed by atoms with Gasteiger partial charge in [0.25, 0.3) is 0 Å². The molecule has 1 spiro atoms. The Morgan fingerprint density at radius 2 is 2.00 bits per heavy atom. The van der Waals surface area contributed by atoms with Crippen molar-refractivity contribution in [3.63, 3.8) is 0 Å². The lowest BCUT2D eigenvalue weighted by Crippen LogP contribution is -2.37. The van der Waals surface area contributed by atoms with Gasteiger partial charge in [0.2, 0.25) is 0 Å². The highest BCUT2D eigenvalue weighted by molar-refractivity contribution is 6.02. The van der Waals surface area contributed by atoms with Crippen LogP contribution in [0.1, 0.15) is 54.6 Å². The Labute approximate surface area is 89.3 Å². The average molecular weight is 204 g/mol. The Kier molecular flexibility index (Phi) is 1.94. The van der Waals surface area contributed by atoms with Crippen LogP contribution in [0.4, 0.5) is 0 Å². The van der Waals surface area contributed by atoms with Crippen molar-refractivity contribution in [1.29, 1.82) is 0 Å². The van der Waals surface area contributed by atoms with E-state index >= 15 is 0 Å². The third kappa shape index (κ3) is 1.25. The van der Waals surface area contributed by atoms with E-state index in [0.29, 0.717) is 5.78 Å². The van der Waals surface area contributed by atoms with Crippen molar-refractivity contribution in [2.75, 3.05) is 0 Å². The van der Waals surface area contributed by atoms with Gasteiger partial charge in [0, 0.05) is 11.1 Å². The molecule has 3 rings (SSSR count). The molecule has 80 valence electrons. The molecule has 2 aliphatic rings. The van der Waals surface area contributed by atoms with E-state index in [1.54, 1.807) is 6.20 Å². The number of hydrogen-bond donors (Lipinski definition) is 1. The molecule has 0 atom stereocenters. The summed E-state index contributed by atoms with van der Waals surface area (Å²) >= 11 is 0. The summed E-state index contributed by atoms with van der Waals surface area (Å²) in [5.41, 5.74) is 1.90. The van der Waals surface area contributed by atoms with E-state index in [4.69, 9.17) is 0 Å². The number of carbonyl (C=O) groups excluding carboxylic acids is 1. The summed E-state index contributed by atoms with van der Waals surface area (Å²) in [6.07, 6.45) is 9.67. The zero-order valence-corrected chi connectivity index (χ0v) is 8.88. The van der Waals surface area contributed by atoms with Crippen LogP contribution in [-0.2, 0) is 6.42 Å². The first-order valence-electron chi connectivity index (χ1n) is 5.89. The number of hydrogen-bond acceptors (Lipinski definition) is 2. The first-order chi connectivity index (χ1) is 7.32. The number of ketones is 1. The van der Waals surface area contributed by atoms with Crippen LogP contribution in [0.5, 0.6) is 0 Å². The van der Waals surface area contributed by atoms with Gasteiger partial charge in [-0.3, -0.25) is 9.89 Å². The second kappa shape index (κ2) is 3.19. The third-order valence-electron chi connectivity index (χ3n) is 4.11. The van der Waals surface area contributed by atoms with Gasteiger partial charge < -0.3 is 0 Å². The summed E-state index contributed by atoms with van der Waals surface area (Å²) in [5.74, 6) is 0.359. The maximum Gasteiger partial charge on any atom is 0.172 e. The van der Waals surface area contributed by atoms with Crippen LogP contribution in [-0.4, -0.2) is 16.0 Å². The standard InChI is InChI=1S/C12H16N2O/c15-11-9-8-13-14-10(9)4-7-12(11)5-2-1-3-6-12/h8H,1-7H2,(H,13,14). The molecule has 1 fully saturated rings. The molecule has 3 heteroatoms. The number of fused-ring (bicyclic) bond motifs is 1.